The number of nitrogens with one attached hydrogen (secondary N) is 2. The van der Waals surface area contributed by atoms with Crippen LogP contribution in [-0.4, -0.2) is 46.8 Å². The van der Waals surface area contributed by atoms with Crippen LogP contribution in [-0.2, 0) is 0 Å². The number of nitrogens with two attached hydrogens (primary N) is 1. The number of likely N-dealkylation sites (tertiary alicyclic amines) is 1. The molecular weight excluding hydrogens is 216 g/mol. The average molecular weight is 234 g/mol. The van der Waals surface area contributed by atoms with Gasteiger partial charge in [-0.1, -0.05) is 0 Å². The summed E-state index contributed by atoms with van der Waals surface area (Å²) in [5.41, 5.74) is 6.78. The molecule has 1 fully saturated rings. The normalized spacial score (nSPS) is 20.5. The molecule has 0 aliphatic carbocycles. The number of nitrogen functional groups attached to an aromatic ring is 1. The quantitative estimate of drug-likeness (QED) is 0.665. The van der Waals surface area contributed by atoms with Gasteiger partial charge in [0, 0.05) is 18.3 Å². The lowest BCUT2D eigenvalue weighted by molar-refractivity contribution is 0.414. The fourth-order valence-electron chi connectivity index (χ4n) is 2.12. The number of aromatic nitrogens is 2. The highest BCUT2D eigenvalue weighted by molar-refractivity contribution is 6.04. The van der Waals surface area contributed by atoms with Crippen molar-refractivity contribution >= 4 is 17.3 Å². The summed E-state index contributed by atoms with van der Waals surface area (Å²) in [5, 5.41) is 11.1. The minimum Gasteiger partial charge on any atom is -0.383 e. The maximum atomic E-state index is 7.72. The van der Waals surface area contributed by atoms with Gasteiger partial charge in [-0.3, -0.25) is 0 Å². The van der Waals surface area contributed by atoms with Crippen LogP contribution in [0.5, 0.6) is 0 Å². The zero-order chi connectivity index (χ0) is 12.4. The van der Waals surface area contributed by atoms with E-state index < -0.39 is 0 Å². The molecule has 1 aliphatic heterocycles. The topological polar surface area (TPSA) is 90.9 Å². The number of likely N-dealkylation sites (N-methyl/N-ethyl adjacent to an activating group) is 1. The highest BCUT2D eigenvalue weighted by Gasteiger charge is 2.21. The van der Waals surface area contributed by atoms with Gasteiger partial charge in [0.2, 0.25) is 0 Å². The molecule has 2 rings (SSSR count). The second-order valence-corrected chi connectivity index (χ2v) is 4.50. The van der Waals surface area contributed by atoms with Crippen LogP contribution in [0.2, 0.25) is 0 Å². The Kier molecular flexibility index (Phi) is 3.23. The largest absolute Gasteiger partial charge is 0.383 e. The first-order valence-electron chi connectivity index (χ1n) is 5.69. The fourth-order valence-corrected chi connectivity index (χ4v) is 2.12. The van der Waals surface area contributed by atoms with Crippen molar-refractivity contribution in [1.29, 1.82) is 5.41 Å². The molecule has 1 aromatic heterocycles. The Hall–Kier alpha value is -1.69. The predicted molar refractivity (Wildman–Crippen MR) is 68.5 cm³/mol. The Morgan fingerprint density at radius 3 is 2.94 bits per heavy atom. The SMILES string of the molecule is CC(=N)c1c(N)ncnc1NC1CCN(C)C1. The van der Waals surface area contributed by atoms with Crippen LogP contribution in [0.25, 0.3) is 0 Å². The van der Waals surface area contributed by atoms with E-state index in [1.807, 2.05) is 0 Å². The molecule has 1 saturated heterocycles. The fraction of sp³-hybridized carbons (Fsp3) is 0.545. The van der Waals surface area contributed by atoms with E-state index in [1.165, 1.54) is 6.33 Å². The molecule has 0 aromatic carbocycles. The van der Waals surface area contributed by atoms with Gasteiger partial charge in [-0.2, -0.15) is 0 Å². The zero-order valence-corrected chi connectivity index (χ0v) is 10.2. The van der Waals surface area contributed by atoms with Crippen molar-refractivity contribution in [2.24, 2.45) is 0 Å². The molecule has 17 heavy (non-hydrogen) atoms. The van der Waals surface area contributed by atoms with Crippen LogP contribution in [0.4, 0.5) is 11.6 Å². The van der Waals surface area contributed by atoms with Gasteiger partial charge in [0.05, 0.1) is 5.56 Å². The van der Waals surface area contributed by atoms with Gasteiger partial charge in [0.1, 0.15) is 18.0 Å². The van der Waals surface area contributed by atoms with Gasteiger partial charge in [-0.15, -0.1) is 0 Å². The van der Waals surface area contributed by atoms with Crippen molar-refractivity contribution in [2.75, 3.05) is 31.2 Å². The van der Waals surface area contributed by atoms with Crippen molar-refractivity contribution in [3.05, 3.63) is 11.9 Å². The Labute approximate surface area is 101 Å². The third-order valence-electron chi connectivity index (χ3n) is 2.98. The molecule has 1 aromatic rings. The molecule has 1 aliphatic rings. The highest BCUT2D eigenvalue weighted by Crippen LogP contribution is 2.20. The minimum absolute atomic E-state index is 0.362. The molecule has 1 atom stereocenters. The van der Waals surface area contributed by atoms with Crippen molar-refractivity contribution < 1.29 is 0 Å². The smallest absolute Gasteiger partial charge is 0.140 e. The second-order valence-electron chi connectivity index (χ2n) is 4.50. The van der Waals surface area contributed by atoms with Crippen LogP contribution in [0.1, 0.15) is 18.9 Å². The number of hydrogen-bond donors (Lipinski definition) is 3. The van der Waals surface area contributed by atoms with Crippen molar-refractivity contribution in [3.8, 4) is 0 Å². The summed E-state index contributed by atoms with van der Waals surface area (Å²) < 4.78 is 0. The van der Waals surface area contributed by atoms with E-state index in [9.17, 15) is 0 Å². The van der Waals surface area contributed by atoms with E-state index in [4.69, 9.17) is 11.1 Å². The van der Waals surface area contributed by atoms with Gasteiger partial charge >= 0.3 is 0 Å². The molecule has 4 N–H and O–H groups in total. The van der Waals surface area contributed by atoms with Crippen LogP contribution in [0, 0.1) is 5.41 Å². The van der Waals surface area contributed by atoms with Gasteiger partial charge in [0.15, 0.2) is 0 Å². The molecule has 0 spiro atoms. The van der Waals surface area contributed by atoms with Crippen molar-refractivity contribution in [3.63, 3.8) is 0 Å². The van der Waals surface area contributed by atoms with E-state index in [0.717, 1.165) is 19.5 Å². The second kappa shape index (κ2) is 4.67. The molecule has 0 bridgehead atoms. The van der Waals surface area contributed by atoms with Gasteiger partial charge in [-0.05, 0) is 26.9 Å². The summed E-state index contributed by atoms with van der Waals surface area (Å²) in [4.78, 5) is 10.4. The summed E-state index contributed by atoms with van der Waals surface area (Å²) >= 11 is 0. The maximum Gasteiger partial charge on any atom is 0.140 e. The summed E-state index contributed by atoms with van der Waals surface area (Å²) in [6, 6.07) is 0.368. The third-order valence-corrected chi connectivity index (χ3v) is 2.98. The summed E-state index contributed by atoms with van der Waals surface area (Å²) in [5.74, 6) is 1.03. The molecule has 1 unspecified atom stereocenters. The van der Waals surface area contributed by atoms with Crippen LogP contribution < -0.4 is 11.1 Å². The van der Waals surface area contributed by atoms with Crippen LogP contribution in [0.15, 0.2) is 6.33 Å². The minimum atomic E-state index is 0.362. The van der Waals surface area contributed by atoms with Crippen molar-refractivity contribution in [1.82, 2.24) is 14.9 Å². The van der Waals surface area contributed by atoms with Crippen LogP contribution >= 0.6 is 0 Å². The Balaban J connectivity index is 2.20. The van der Waals surface area contributed by atoms with Crippen LogP contribution in [0.3, 0.4) is 0 Å². The predicted octanol–water partition coefficient (Wildman–Crippen LogP) is 0.563. The van der Waals surface area contributed by atoms with Gasteiger partial charge in [-0.25, -0.2) is 9.97 Å². The number of hydrogen-bond acceptors (Lipinski definition) is 6. The van der Waals surface area contributed by atoms with E-state index in [1.54, 1.807) is 6.92 Å². The molecule has 6 heteroatoms. The van der Waals surface area contributed by atoms with E-state index in [2.05, 4.69) is 27.2 Å². The van der Waals surface area contributed by atoms with Crippen molar-refractivity contribution in [2.45, 2.75) is 19.4 Å². The molecule has 6 nitrogen and oxygen atoms in total. The molecule has 0 radical (unpaired) electrons. The van der Waals surface area contributed by atoms with E-state index in [-0.39, 0.29) is 0 Å². The Bertz CT molecular complexity index is 430. The number of nitrogens with zero attached hydrogens (tertiary/aromatic N) is 3. The van der Waals surface area contributed by atoms with E-state index in [0.29, 0.717) is 29.0 Å². The lowest BCUT2D eigenvalue weighted by Crippen LogP contribution is -2.25. The first kappa shape index (κ1) is 11.8. The molecule has 0 saturated carbocycles. The molecule has 92 valence electrons. The monoisotopic (exact) mass is 234 g/mol. The lowest BCUT2D eigenvalue weighted by atomic mass is 10.1. The van der Waals surface area contributed by atoms with E-state index >= 15 is 0 Å². The van der Waals surface area contributed by atoms with Gasteiger partial charge < -0.3 is 21.4 Å². The number of anilines is 2. The standard InChI is InChI=1S/C11H18N6/c1-7(12)9-10(13)14-6-15-11(9)16-8-3-4-17(2)5-8/h6,8,12H,3-5H2,1-2H3,(H3,13,14,15,16). The Morgan fingerprint density at radius 1 is 1.59 bits per heavy atom. The Morgan fingerprint density at radius 2 is 2.35 bits per heavy atom. The highest BCUT2D eigenvalue weighted by atomic mass is 15.2. The summed E-state index contributed by atoms with van der Waals surface area (Å²) in [6.45, 7) is 3.76. The third kappa shape index (κ3) is 2.52. The summed E-state index contributed by atoms with van der Waals surface area (Å²) in [7, 11) is 2.10. The first-order valence-corrected chi connectivity index (χ1v) is 5.69. The summed E-state index contributed by atoms with van der Waals surface area (Å²) in [6.07, 6.45) is 2.51. The first-order chi connectivity index (χ1) is 8.08. The molecular formula is C11H18N6. The zero-order valence-electron chi connectivity index (χ0n) is 10.2. The van der Waals surface area contributed by atoms with Gasteiger partial charge in [0.25, 0.3) is 0 Å². The maximum absolute atomic E-state index is 7.72. The lowest BCUT2D eigenvalue weighted by Gasteiger charge is -2.16. The average Bonchev–Trinajstić information content (AvgIpc) is 2.63. The number of rotatable bonds is 3. The molecule has 0 amide bonds. The molecule has 2 heterocycles.